The summed E-state index contributed by atoms with van der Waals surface area (Å²) in [6.45, 7) is 12.8. The molecule has 0 fully saturated rings. The van der Waals surface area contributed by atoms with Crippen LogP contribution in [0.25, 0.3) is 5.57 Å². The summed E-state index contributed by atoms with van der Waals surface area (Å²) in [4.78, 5) is 13.7. The monoisotopic (exact) mass is 350 g/mol. The lowest BCUT2D eigenvalue weighted by Crippen LogP contribution is -2.18. The molecule has 1 unspecified atom stereocenters. The third-order valence-electron chi connectivity index (χ3n) is 5.55. The maximum absolute atomic E-state index is 12.6. The van der Waals surface area contributed by atoms with E-state index < -0.39 is 0 Å². The van der Waals surface area contributed by atoms with Gasteiger partial charge in [0.15, 0.2) is 0 Å². The number of rotatable bonds is 3. The Morgan fingerprint density at radius 3 is 2.84 bits per heavy atom. The van der Waals surface area contributed by atoms with Crippen LogP contribution < -0.4 is 0 Å². The first-order chi connectivity index (χ1) is 11.8. The second kappa shape index (κ2) is 6.84. The zero-order chi connectivity index (χ0) is 18.2. The fourth-order valence-electron chi connectivity index (χ4n) is 3.18. The predicted octanol–water partition coefficient (Wildman–Crippen LogP) is 6.47. The third-order valence-corrected chi connectivity index (χ3v) is 6.52. The maximum atomic E-state index is 12.6. The summed E-state index contributed by atoms with van der Waals surface area (Å²) in [7, 11) is 0. The first kappa shape index (κ1) is 18.0. The summed E-state index contributed by atoms with van der Waals surface area (Å²) in [6.07, 6.45) is 10.8. The Morgan fingerprint density at radius 2 is 2.12 bits per heavy atom. The fourth-order valence-corrected chi connectivity index (χ4v) is 4.13. The van der Waals surface area contributed by atoms with Gasteiger partial charge >= 0.3 is 0 Å². The standard InChI is InChI=1S/C23H26OS/c1-15(2)23(4,5)18-11-12-19-20(22(24)25-21(19)14-18)13-17-10-8-6-7-9-16(17)3/h6,8,10-14,16H,1,7,9H2,2-5H3. The van der Waals surface area contributed by atoms with Gasteiger partial charge in [-0.15, -0.1) is 0 Å². The molecule has 0 N–H and O–H groups in total. The Hall–Kier alpha value is -1.80. The molecule has 2 heteroatoms. The molecule has 1 aromatic rings. The lowest BCUT2D eigenvalue weighted by molar-refractivity contribution is -0.106. The highest BCUT2D eigenvalue weighted by atomic mass is 32.2. The van der Waals surface area contributed by atoms with E-state index in [1.165, 1.54) is 22.9 Å². The molecule has 130 valence electrons. The van der Waals surface area contributed by atoms with Gasteiger partial charge in [0.25, 0.3) is 0 Å². The number of thioether (sulfide) groups is 1. The lowest BCUT2D eigenvalue weighted by atomic mass is 9.78. The van der Waals surface area contributed by atoms with Crippen LogP contribution in [-0.2, 0) is 10.2 Å². The molecule has 1 aromatic carbocycles. The molecule has 0 bridgehead atoms. The maximum Gasteiger partial charge on any atom is 0.224 e. The average molecular weight is 351 g/mol. The van der Waals surface area contributed by atoms with E-state index in [1.54, 1.807) is 0 Å². The molecule has 0 radical (unpaired) electrons. The van der Waals surface area contributed by atoms with Crippen molar-refractivity contribution in [3.63, 3.8) is 0 Å². The molecule has 0 aromatic heterocycles. The molecule has 0 spiro atoms. The molecule has 0 saturated heterocycles. The Kier molecular flexibility index (Phi) is 4.92. The van der Waals surface area contributed by atoms with Crippen LogP contribution in [0.5, 0.6) is 0 Å². The SMILES string of the molecule is C=C(C)C(C)(C)c1ccc2c(c1)SC(=O)C2=CC1=CC=CCCC1C. The smallest absolute Gasteiger partial charge is 0.224 e. The first-order valence-electron chi connectivity index (χ1n) is 8.92. The molecule has 1 aliphatic carbocycles. The summed E-state index contributed by atoms with van der Waals surface area (Å²) in [5, 5.41) is 0.154. The Balaban J connectivity index is 2.01. The van der Waals surface area contributed by atoms with Gasteiger partial charge in [0.1, 0.15) is 0 Å². The Labute approximate surface area is 155 Å². The zero-order valence-corrected chi connectivity index (χ0v) is 16.4. The number of hydrogen-bond donors (Lipinski definition) is 0. The number of benzene rings is 1. The van der Waals surface area contributed by atoms with Gasteiger partial charge in [-0.2, -0.15) is 0 Å². The third kappa shape index (κ3) is 3.46. The Bertz CT molecular complexity index is 820. The first-order valence-corrected chi connectivity index (χ1v) is 9.74. The highest BCUT2D eigenvalue weighted by Gasteiger charge is 2.29. The van der Waals surface area contributed by atoms with Crippen molar-refractivity contribution < 1.29 is 4.79 Å². The van der Waals surface area contributed by atoms with E-state index >= 15 is 0 Å². The largest absolute Gasteiger partial charge is 0.281 e. The van der Waals surface area contributed by atoms with Crippen molar-refractivity contribution in [2.75, 3.05) is 0 Å². The van der Waals surface area contributed by atoms with Crippen molar-refractivity contribution in [2.24, 2.45) is 5.92 Å². The average Bonchev–Trinajstić information content (AvgIpc) is 2.72. The summed E-state index contributed by atoms with van der Waals surface area (Å²) < 4.78 is 0. The van der Waals surface area contributed by atoms with E-state index in [4.69, 9.17) is 0 Å². The van der Waals surface area contributed by atoms with Crippen molar-refractivity contribution in [3.8, 4) is 0 Å². The molecule has 1 heterocycles. The molecule has 0 saturated carbocycles. The van der Waals surface area contributed by atoms with Crippen LogP contribution in [0.3, 0.4) is 0 Å². The molecular formula is C23H26OS. The van der Waals surface area contributed by atoms with Gasteiger partial charge in [-0.05, 0) is 60.7 Å². The molecule has 0 amide bonds. The minimum atomic E-state index is -0.0891. The van der Waals surface area contributed by atoms with Gasteiger partial charge in [-0.1, -0.05) is 63.3 Å². The van der Waals surface area contributed by atoms with Crippen LogP contribution in [0, 0.1) is 5.92 Å². The van der Waals surface area contributed by atoms with Crippen LogP contribution in [0.4, 0.5) is 0 Å². The number of carbonyl (C=O) groups is 1. The predicted molar refractivity (Wildman–Crippen MR) is 109 cm³/mol. The van der Waals surface area contributed by atoms with Crippen molar-refractivity contribution in [1.82, 2.24) is 0 Å². The molecule has 3 rings (SSSR count). The van der Waals surface area contributed by atoms with Crippen molar-refractivity contribution in [1.29, 1.82) is 0 Å². The second-order valence-corrected chi connectivity index (χ2v) is 8.65. The van der Waals surface area contributed by atoms with Crippen molar-refractivity contribution in [3.05, 3.63) is 71.4 Å². The second-order valence-electron chi connectivity index (χ2n) is 7.64. The highest BCUT2D eigenvalue weighted by Crippen LogP contribution is 2.44. The molecule has 1 aliphatic heterocycles. The van der Waals surface area contributed by atoms with E-state index in [-0.39, 0.29) is 10.5 Å². The van der Waals surface area contributed by atoms with Gasteiger partial charge < -0.3 is 0 Å². The van der Waals surface area contributed by atoms with Gasteiger partial charge in [0.2, 0.25) is 5.12 Å². The summed E-state index contributed by atoms with van der Waals surface area (Å²) >= 11 is 1.35. The minimum Gasteiger partial charge on any atom is -0.281 e. The number of carbonyl (C=O) groups excluding carboxylic acids is 1. The van der Waals surface area contributed by atoms with E-state index in [0.29, 0.717) is 5.92 Å². The van der Waals surface area contributed by atoms with E-state index in [2.05, 4.69) is 76.8 Å². The van der Waals surface area contributed by atoms with E-state index in [9.17, 15) is 4.79 Å². The van der Waals surface area contributed by atoms with E-state index in [0.717, 1.165) is 34.4 Å². The highest BCUT2D eigenvalue weighted by molar-refractivity contribution is 8.15. The normalized spacial score (nSPS) is 21.9. The van der Waals surface area contributed by atoms with Crippen LogP contribution in [0.15, 0.2) is 65.1 Å². The van der Waals surface area contributed by atoms with Crippen LogP contribution in [-0.4, -0.2) is 5.12 Å². The quantitative estimate of drug-likeness (QED) is 0.459. The van der Waals surface area contributed by atoms with Gasteiger partial charge in [0, 0.05) is 21.4 Å². The molecular weight excluding hydrogens is 324 g/mol. The van der Waals surface area contributed by atoms with Crippen LogP contribution in [0.1, 0.15) is 51.7 Å². The molecule has 1 nitrogen and oxygen atoms in total. The molecule has 25 heavy (non-hydrogen) atoms. The van der Waals surface area contributed by atoms with Gasteiger partial charge in [-0.25, -0.2) is 0 Å². The van der Waals surface area contributed by atoms with Gasteiger partial charge in [0.05, 0.1) is 0 Å². The topological polar surface area (TPSA) is 17.1 Å². The zero-order valence-electron chi connectivity index (χ0n) is 15.6. The summed E-state index contributed by atoms with van der Waals surface area (Å²) in [6, 6.07) is 6.42. The number of allylic oxidation sites excluding steroid dienone is 6. The minimum absolute atomic E-state index is 0.0891. The van der Waals surface area contributed by atoms with E-state index in [1.807, 2.05) is 0 Å². The fraction of sp³-hybridized carbons (Fsp3) is 0.348. The summed E-state index contributed by atoms with van der Waals surface area (Å²) in [5.74, 6) is 0.478. The Morgan fingerprint density at radius 1 is 1.36 bits per heavy atom. The van der Waals surface area contributed by atoms with Crippen LogP contribution >= 0.6 is 11.8 Å². The molecule has 2 aliphatic rings. The lowest BCUT2D eigenvalue weighted by Gasteiger charge is -2.26. The van der Waals surface area contributed by atoms with Crippen molar-refractivity contribution >= 4 is 22.5 Å². The number of fused-ring (bicyclic) bond motifs is 1. The van der Waals surface area contributed by atoms with Crippen molar-refractivity contribution in [2.45, 2.75) is 50.8 Å². The molecule has 1 atom stereocenters. The van der Waals surface area contributed by atoms with Gasteiger partial charge in [-0.3, -0.25) is 4.79 Å². The number of hydrogen-bond acceptors (Lipinski definition) is 2. The van der Waals surface area contributed by atoms with Crippen LogP contribution in [0.2, 0.25) is 0 Å². The summed E-state index contributed by atoms with van der Waals surface area (Å²) in [5.41, 5.74) is 5.41.